The Morgan fingerprint density at radius 1 is 1.09 bits per heavy atom. The molecule has 2 heterocycles. The molecule has 1 amide bonds. The summed E-state index contributed by atoms with van der Waals surface area (Å²) in [7, 11) is 0. The lowest BCUT2D eigenvalue weighted by molar-refractivity contribution is -0.137. The van der Waals surface area contributed by atoms with Gasteiger partial charge in [-0.15, -0.1) is 0 Å². The Morgan fingerprint density at radius 3 is 2.62 bits per heavy atom. The molecule has 5 nitrogen and oxygen atoms in total. The zero-order valence-electron chi connectivity index (χ0n) is 17.3. The number of aromatic nitrogens is 3. The van der Waals surface area contributed by atoms with E-state index in [1.807, 2.05) is 32.0 Å². The van der Waals surface area contributed by atoms with E-state index in [-0.39, 0.29) is 11.4 Å². The van der Waals surface area contributed by atoms with Gasteiger partial charge in [0.15, 0.2) is 0 Å². The summed E-state index contributed by atoms with van der Waals surface area (Å²) in [5, 5.41) is 7.50. The van der Waals surface area contributed by atoms with Gasteiger partial charge in [0.2, 0.25) is 5.91 Å². The molecule has 2 aromatic carbocycles. The molecule has 0 saturated heterocycles. The predicted molar refractivity (Wildman–Crippen MR) is 119 cm³/mol. The van der Waals surface area contributed by atoms with Crippen LogP contribution in [0.2, 0.25) is 0 Å². The van der Waals surface area contributed by atoms with Crippen LogP contribution < -0.4 is 5.32 Å². The van der Waals surface area contributed by atoms with Crippen molar-refractivity contribution >= 4 is 28.9 Å². The van der Waals surface area contributed by atoms with Gasteiger partial charge in [-0.3, -0.25) is 4.79 Å². The first-order chi connectivity index (χ1) is 15.2. The Balaban J connectivity index is 1.52. The molecule has 4 aromatic rings. The zero-order valence-corrected chi connectivity index (χ0v) is 18.1. The molecule has 0 bridgehead atoms. The molecule has 9 heteroatoms. The molecule has 1 N–H and O–H groups in total. The molecule has 0 aliphatic heterocycles. The second-order valence-corrected chi connectivity index (χ2v) is 8.24. The summed E-state index contributed by atoms with van der Waals surface area (Å²) in [6.45, 7) is 4.08. The number of carbonyl (C=O) groups excluding carboxylic acids is 1. The standard InChI is InChI=1S/C23H19F3N4OS/c1-14-7-8-16(11-15(14)2)19-12-20-22(27-9-10-30(20)29-19)32-13-21(31)28-18-6-4-3-5-17(18)23(24,25)26/h3-12H,13H2,1-2H3,(H,28,31). The SMILES string of the molecule is Cc1ccc(-c2cc3c(SCC(=O)Nc4ccccc4C(F)(F)F)nccn3n2)cc1C. The molecule has 164 valence electrons. The number of alkyl halides is 3. The third kappa shape index (κ3) is 4.62. The van der Waals surface area contributed by atoms with Crippen molar-refractivity contribution in [1.29, 1.82) is 0 Å². The highest BCUT2D eigenvalue weighted by atomic mass is 32.2. The van der Waals surface area contributed by atoms with Gasteiger partial charge >= 0.3 is 6.18 Å². The van der Waals surface area contributed by atoms with Crippen molar-refractivity contribution in [3.05, 3.63) is 77.6 Å². The fourth-order valence-electron chi connectivity index (χ4n) is 3.21. The van der Waals surface area contributed by atoms with Crippen LogP contribution in [0.1, 0.15) is 16.7 Å². The summed E-state index contributed by atoms with van der Waals surface area (Å²) in [5.74, 6) is -0.646. The van der Waals surface area contributed by atoms with Gasteiger partial charge in [0.25, 0.3) is 0 Å². The smallest absolute Gasteiger partial charge is 0.325 e. The minimum Gasteiger partial charge on any atom is -0.325 e. The molecule has 0 unspecified atom stereocenters. The summed E-state index contributed by atoms with van der Waals surface area (Å²) in [6.07, 6.45) is -1.26. The number of hydrogen-bond acceptors (Lipinski definition) is 4. The van der Waals surface area contributed by atoms with Crippen LogP contribution in [0, 0.1) is 13.8 Å². The van der Waals surface area contributed by atoms with Crippen molar-refractivity contribution < 1.29 is 18.0 Å². The average molecular weight is 456 g/mol. The first-order valence-electron chi connectivity index (χ1n) is 9.73. The van der Waals surface area contributed by atoms with E-state index in [9.17, 15) is 18.0 Å². The Hall–Kier alpha value is -3.33. The lowest BCUT2D eigenvalue weighted by Crippen LogP contribution is -2.18. The van der Waals surface area contributed by atoms with Crippen LogP contribution >= 0.6 is 11.8 Å². The Labute approximate surface area is 186 Å². The van der Waals surface area contributed by atoms with Gasteiger partial charge in [0.1, 0.15) is 5.03 Å². The topological polar surface area (TPSA) is 59.3 Å². The number of fused-ring (bicyclic) bond motifs is 1. The van der Waals surface area contributed by atoms with E-state index in [0.717, 1.165) is 34.6 Å². The molecule has 0 saturated carbocycles. The van der Waals surface area contributed by atoms with Crippen molar-refractivity contribution in [1.82, 2.24) is 14.6 Å². The van der Waals surface area contributed by atoms with E-state index in [2.05, 4.69) is 21.5 Å². The third-order valence-electron chi connectivity index (χ3n) is 5.00. The first-order valence-corrected chi connectivity index (χ1v) is 10.7. The van der Waals surface area contributed by atoms with Gasteiger partial charge in [-0.05, 0) is 49.2 Å². The molecule has 4 rings (SSSR count). The number of para-hydroxylation sites is 1. The Bertz CT molecular complexity index is 1300. The van der Waals surface area contributed by atoms with E-state index in [1.54, 1.807) is 16.9 Å². The number of thioether (sulfide) groups is 1. The van der Waals surface area contributed by atoms with E-state index < -0.39 is 17.6 Å². The van der Waals surface area contributed by atoms with E-state index in [0.29, 0.717) is 10.5 Å². The normalized spacial score (nSPS) is 11.7. The average Bonchev–Trinajstić information content (AvgIpc) is 3.19. The summed E-state index contributed by atoms with van der Waals surface area (Å²) in [6, 6.07) is 12.9. The number of nitrogens with one attached hydrogen (secondary N) is 1. The number of carbonyl (C=O) groups is 1. The number of amides is 1. The van der Waals surface area contributed by atoms with Crippen molar-refractivity contribution in [2.75, 3.05) is 11.1 Å². The number of aryl methyl sites for hydroxylation is 2. The summed E-state index contributed by atoms with van der Waals surface area (Å²) >= 11 is 1.14. The van der Waals surface area contributed by atoms with E-state index in [4.69, 9.17) is 0 Å². The Kier molecular flexibility index (Phi) is 5.92. The van der Waals surface area contributed by atoms with E-state index in [1.165, 1.54) is 23.8 Å². The molecule has 2 aromatic heterocycles. The molecule has 0 aliphatic rings. The second-order valence-electron chi connectivity index (χ2n) is 7.27. The van der Waals surface area contributed by atoms with Crippen LogP contribution in [-0.4, -0.2) is 26.3 Å². The highest BCUT2D eigenvalue weighted by Crippen LogP contribution is 2.35. The molecule has 0 radical (unpaired) electrons. The fraction of sp³-hybridized carbons (Fsp3) is 0.174. The molecule has 0 spiro atoms. The van der Waals surface area contributed by atoms with Crippen LogP contribution in [0.3, 0.4) is 0 Å². The van der Waals surface area contributed by atoms with Gasteiger partial charge < -0.3 is 5.32 Å². The van der Waals surface area contributed by atoms with Crippen LogP contribution in [-0.2, 0) is 11.0 Å². The van der Waals surface area contributed by atoms with Crippen molar-refractivity contribution in [2.45, 2.75) is 25.0 Å². The maximum Gasteiger partial charge on any atom is 0.418 e. The number of benzene rings is 2. The molecule has 0 aliphatic carbocycles. The summed E-state index contributed by atoms with van der Waals surface area (Å²) < 4.78 is 41.1. The van der Waals surface area contributed by atoms with Gasteiger partial charge in [-0.1, -0.05) is 36.0 Å². The molecule has 0 atom stereocenters. The summed E-state index contributed by atoms with van der Waals surface area (Å²) in [4.78, 5) is 16.7. The maximum atomic E-state index is 13.1. The van der Waals surface area contributed by atoms with Crippen LogP contribution in [0.4, 0.5) is 18.9 Å². The Morgan fingerprint density at radius 2 is 1.88 bits per heavy atom. The number of hydrogen-bond donors (Lipinski definition) is 1. The maximum absolute atomic E-state index is 13.1. The summed E-state index contributed by atoms with van der Waals surface area (Å²) in [5.41, 5.74) is 3.65. The predicted octanol–water partition coefficient (Wildman–Crippen LogP) is 5.76. The van der Waals surface area contributed by atoms with Gasteiger partial charge in [-0.2, -0.15) is 18.3 Å². The number of rotatable bonds is 5. The van der Waals surface area contributed by atoms with Crippen LogP contribution in [0.15, 0.2) is 66.0 Å². The van der Waals surface area contributed by atoms with E-state index >= 15 is 0 Å². The molecule has 32 heavy (non-hydrogen) atoms. The minimum absolute atomic E-state index is 0.0942. The largest absolute Gasteiger partial charge is 0.418 e. The number of nitrogens with zero attached hydrogens (tertiary/aromatic N) is 3. The van der Waals surface area contributed by atoms with Crippen molar-refractivity contribution in [3.63, 3.8) is 0 Å². The van der Waals surface area contributed by atoms with Crippen molar-refractivity contribution in [3.8, 4) is 11.3 Å². The van der Waals surface area contributed by atoms with Crippen molar-refractivity contribution in [2.24, 2.45) is 0 Å². The van der Waals surface area contributed by atoms with Crippen LogP contribution in [0.25, 0.3) is 16.8 Å². The first kappa shape index (κ1) is 21.9. The number of halogens is 3. The van der Waals surface area contributed by atoms with Gasteiger partial charge in [-0.25, -0.2) is 9.50 Å². The van der Waals surface area contributed by atoms with Gasteiger partial charge in [0.05, 0.1) is 28.2 Å². The molecule has 0 fully saturated rings. The number of anilines is 1. The monoisotopic (exact) mass is 456 g/mol. The highest BCUT2D eigenvalue weighted by Gasteiger charge is 2.33. The van der Waals surface area contributed by atoms with Crippen LogP contribution in [0.5, 0.6) is 0 Å². The fourth-order valence-corrected chi connectivity index (χ4v) is 3.99. The minimum atomic E-state index is -4.55. The zero-order chi connectivity index (χ0) is 22.9. The molecular formula is C23H19F3N4OS. The lowest BCUT2D eigenvalue weighted by Gasteiger charge is -2.13. The lowest BCUT2D eigenvalue weighted by atomic mass is 10.0. The third-order valence-corrected chi connectivity index (χ3v) is 6.00. The highest BCUT2D eigenvalue weighted by molar-refractivity contribution is 8.00. The van der Waals surface area contributed by atoms with Gasteiger partial charge in [0, 0.05) is 18.0 Å². The quantitative estimate of drug-likeness (QED) is 0.388. The molecular weight excluding hydrogens is 437 g/mol. The second kappa shape index (κ2) is 8.66.